The molecule has 3 atom stereocenters. The highest BCUT2D eigenvalue weighted by Crippen LogP contribution is 2.41. The molecule has 0 saturated carbocycles. The third kappa shape index (κ3) is 12.3. The molecule has 10 heteroatoms. The number of hydrogen-bond acceptors (Lipinski definition) is 6. The first-order valence-electron chi connectivity index (χ1n) is 16.2. The zero-order chi connectivity index (χ0) is 34.3. The van der Waals surface area contributed by atoms with Crippen molar-refractivity contribution in [2.75, 3.05) is 12.0 Å². The SMILES string of the molecule is CSCC[C@H](NC(=O)[C@H](Cc1ccccc1)NC(=O)[C@@H](NCc1ccccc1SC(c1ccccc1)c1ccccc1)C(C)C)C(=O)O.Cl. The van der Waals surface area contributed by atoms with Gasteiger partial charge < -0.3 is 21.1 Å². The van der Waals surface area contributed by atoms with E-state index in [1.807, 2.05) is 74.7 Å². The topological polar surface area (TPSA) is 108 Å². The van der Waals surface area contributed by atoms with E-state index in [-0.39, 0.29) is 42.3 Å². The Morgan fingerprint density at radius 2 is 1.24 bits per heavy atom. The normalized spacial score (nSPS) is 12.8. The van der Waals surface area contributed by atoms with Crippen LogP contribution in [-0.4, -0.2) is 53.0 Å². The second-order valence-electron chi connectivity index (χ2n) is 12.0. The van der Waals surface area contributed by atoms with Gasteiger partial charge in [0.15, 0.2) is 0 Å². The molecule has 49 heavy (non-hydrogen) atoms. The maximum absolute atomic E-state index is 13.9. The fraction of sp³-hybridized carbons (Fsp3) is 0.308. The van der Waals surface area contributed by atoms with E-state index >= 15 is 0 Å². The zero-order valence-electron chi connectivity index (χ0n) is 28.1. The molecule has 2 amide bonds. The summed E-state index contributed by atoms with van der Waals surface area (Å²) in [5.74, 6) is -1.42. The number of benzene rings is 4. The summed E-state index contributed by atoms with van der Waals surface area (Å²) >= 11 is 3.29. The smallest absolute Gasteiger partial charge is 0.326 e. The maximum atomic E-state index is 13.9. The molecule has 0 radical (unpaired) electrons. The van der Waals surface area contributed by atoms with E-state index in [9.17, 15) is 19.5 Å². The number of amides is 2. The highest BCUT2D eigenvalue weighted by molar-refractivity contribution is 7.99. The maximum Gasteiger partial charge on any atom is 0.326 e. The van der Waals surface area contributed by atoms with E-state index in [0.29, 0.717) is 12.3 Å². The Morgan fingerprint density at radius 3 is 1.80 bits per heavy atom. The number of rotatable bonds is 18. The van der Waals surface area contributed by atoms with E-state index < -0.39 is 30.0 Å². The standard InChI is InChI=1S/C39H45N3O4S2.ClH/c1-27(2)35(38(44)42-33(25-28-15-7-4-8-16-28)37(43)41-32(39(45)46)23-24-47-3)40-26-31-21-13-14-22-34(31)48-36(29-17-9-5-10-18-29)30-19-11-6-12-20-30;/h4-22,27,32-33,35-36,40H,23-26H2,1-3H3,(H,41,43)(H,42,44)(H,45,46);1H/t32-,33-,35-;/m0./s1. The molecule has 0 aliphatic heterocycles. The number of carboxylic acid groups (broad SMARTS) is 1. The number of hydrogen-bond donors (Lipinski definition) is 4. The molecule has 0 aromatic heterocycles. The molecule has 0 unspecified atom stereocenters. The lowest BCUT2D eigenvalue weighted by molar-refractivity contribution is -0.142. The molecule has 4 N–H and O–H groups in total. The molecule has 0 bridgehead atoms. The van der Waals surface area contributed by atoms with Crippen LogP contribution in [0.2, 0.25) is 0 Å². The van der Waals surface area contributed by atoms with Crippen LogP contribution in [0.4, 0.5) is 0 Å². The van der Waals surface area contributed by atoms with Gasteiger partial charge >= 0.3 is 5.97 Å². The number of carboxylic acids is 1. The predicted octanol–water partition coefficient (Wildman–Crippen LogP) is 7.15. The summed E-state index contributed by atoms with van der Waals surface area (Å²) in [5.41, 5.74) is 4.34. The first-order chi connectivity index (χ1) is 23.3. The van der Waals surface area contributed by atoms with Crippen molar-refractivity contribution in [3.8, 4) is 0 Å². The second kappa shape index (κ2) is 20.7. The van der Waals surface area contributed by atoms with E-state index in [1.165, 1.54) is 22.9 Å². The molecule has 0 fully saturated rings. The summed E-state index contributed by atoms with van der Waals surface area (Å²) in [5, 5.41) is 18.9. The van der Waals surface area contributed by atoms with Crippen LogP contribution < -0.4 is 16.0 Å². The monoisotopic (exact) mass is 719 g/mol. The Labute approximate surface area is 304 Å². The van der Waals surface area contributed by atoms with E-state index in [4.69, 9.17) is 0 Å². The Balaban J connectivity index is 0.00000650. The van der Waals surface area contributed by atoms with Crippen LogP contribution in [0.3, 0.4) is 0 Å². The van der Waals surface area contributed by atoms with Crippen LogP contribution in [-0.2, 0) is 27.3 Å². The third-order valence-electron chi connectivity index (χ3n) is 8.02. The van der Waals surface area contributed by atoms with E-state index in [0.717, 1.165) is 16.0 Å². The van der Waals surface area contributed by atoms with Crippen molar-refractivity contribution >= 4 is 53.7 Å². The first kappa shape index (κ1) is 39.7. The molecule has 7 nitrogen and oxygen atoms in total. The summed E-state index contributed by atoms with van der Waals surface area (Å²) in [7, 11) is 0. The lowest BCUT2D eigenvalue weighted by atomic mass is 10.0. The summed E-state index contributed by atoms with van der Waals surface area (Å²) in [6.07, 6.45) is 2.41. The summed E-state index contributed by atoms with van der Waals surface area (Å²) < 4.78 is 0. The second-order valence-corrected chi connectivity index (χ2v) is 14.1. The van der Waals surface area contributed by atoms with Gasteiger partial charge in [-0.25, -0.2) is 4.79 Å². The molecule has 0 heterocycles. The van der Waals surface area contributed by atoms with E-state index in [2.05, 4.69) is 76.6 Å². The highest BCUT2D eigenvalue weighted by Gasteiger charge is 2.30. The Hall–Kier alpha value is -3.76. The van der Waals surface area contributed by atoms with Gasteiger partial charge in [0, 0.05) is 17.9 Å². The van der Waals surface area contributed by atoms with E-state index in [1.54, 1.807) is 11.8 Å². The summed E-state index contributed by atoms with van der Waals surface area (Å²) in [6.45, 7) is 4.38. The van der Waals surface area contributed by atoms with Gasteiger partial charge in [0.25, 0.3) is 0 Å². The van der Waals surface area contributed by atoms with Gasteiger partial charge in [-0.05, 0) is 52.7 Å². The fourth-order valence-electron chi connectivity index (χ4n) is 5.41. The molecular formula is C39H46ClN3O4S2. The molecule has 0 aliphatic rings. The van der Waals surface area contributed by atoms with Crippen molar-refractivity contribution < 1.29 is 19.5 Å². The minimum Gasteiger partial charge on any atom is -0.480 e. The largest absolute Gasteiger partial charge is 0.480 e. The van der Waals surface area contributed by atoms with Crippen LogP contribution in [0, 0.1) is 5.92 Å². The van der Waals surface area contributed by atoms with Gasteiger partial charge in [0.2, 0.25) is 11.8 Å². The van der Waals surface area contributed by atoms with Crippen LogP contribution in [0.5, 0.6) is 0 Å². The number of thioether (sulfide) groups is 2. The minimum atomic E-state index is -1.10. The fourth-order valence-corrected chi connectivity index (χ4v) is 7.17. The van der Waals surface area contributed by atoms with Crippen molar-refractivity contribution in [2.45, 2.75) is 61.5 Å². The van der Waals surface area contributed by atoms with Gasteiger partial charge in [0.1, 0.15) is 12.1 Å². The number of carbonyl (C=O) groups excluding carboxylic acids is 2. The first-order valence-corrected chi connectivity index (χ1v) is 18.5. The summed E-state index contributed by atoms with van der Waals surface area (Å²) in [6, 6.07) is 35.9. The quantitative estimate of drug-likeness (QED) is 0.0810. The molecule has 0 saturated heterocycles. The Kier molecular flexibility index (Phi) is 16.7. The highest BCUT2D eigenvalue weighted by atomic mass is 35.5. The average Bonchev–Trinajstić information content (AvgIpc) is 3.10. The van der Waals surface area contributed by atoms with Gasteiger partial charge in [-0.2, -0.15) is 11.8 Å². The van der Waals surface area contributed by atoms with Crippen molar-refractivity contribution in [1.82, 2.24) is 16.0 Å². The predicted molar refractivity (Wildman–Crippen MR) is 204 cm³/mol. The molecule has 4 rings (SSSR count). The lowest BCUT2D eigenvalue weighted by Gasteiger charge is -2.27. The molecule has 260 valence electrons. The Morgan fingerprint density at radius 1 is 0.714 bits per heavy atom. The third-order valence-corrected chi connectivity index (χ3v) is 10.1. The zero-order valence-corrected chi connectivity index (χ0v) is 30.5. The van der Waals surface area contributed by atoms with Crippen LogP contribution >= 0.6 is 35.9 Å². The van der Waals surface area contributed by atoms with Crippen molar-refractivity contribution in [3.05, 3.63) is 138 Å². The molecular weight excluding hydrogens is 674 g/mol. The Bertz CT molecular complexity index is 1560. The number of aliphatic carboxylic acids is 1. The lowest BCUT2D eigenvalue weighted by Crippen LogP contribution is -2.56. The molecule has 4 aromatic rings. The summed E-state index contributed by atoms with van der Waals surface area (Å²) in [4.78, 5) is 40.4. The van der Waals surface area contributed by atoms with Gasteiger partial charge in [0.05, 0.1) is 11.3 Å². The van der Waals surface area contributed by atoms with Crippen LogP contribution in [0.25, 0.3) is 0 Å². The van der Waals surface area contributed by atoms with Crippen LogP contribution in [0.1, 0.15) is 47.8 Å². The van der Waals surface area contributed by atoms with Crippen LogP contribution in [0.15, 0.2) is 120 Å². The van der Waals surface area contributed by atoms with Gasteiger partial charge in [-0.3, -0.25) is 9.59 Å². The molecule has 4 aromatic carbocycles. The average molecular weight is 720 g/mol. The molecule has 0 aliphatic carbocycles. The number of carbonyl (C=O) groups is 3. The van der Waals surface area contributed by atoms with Crippen molar-refractivity contribution in [1.29, 1.82) is 0 Å². The van der Waals surface area contributed by atoms with Gasteiger partial charge in [-0.1, -0.05) is 123 Å². The number of halogens is 1. The van der Waals surface area contributed by atoms with Gasteiger partial charge in [-0.15, -0.1) is 24.2 Å². The molecule has 0 spiro atoms. The minimum absolute atomic E-state index is 0. The van der Waals surface area contributed by atoms with Crippen molar-refractivity contribution in [2.24, 2.45) is 5.92 Å². The number of nitrogens with one attached hydrogen (secondary N) is 3. The van der Waals surface area contributed by atoms with Crippen molar-refractivity contribution in [3.63, 3.8) is 0 Å².